The fourth-order valence-electron chi connectivity index (χ4n) is 1.45. The Balaban J connectivity index is 3.05. The van der Waals surface area contributed by atoms with E-state index in [2.05, 4.69) is 10.5 Å². The molecule has 0 aromatic heterocycles. The lowest BCUT2D eigenvalue weighted by Crippen LogP contribution is -2.55. The predicted molar refractivity (Wildman–Crippen MR) is 72.7 cm³/mol. The van der Waals surface area contributed by atoms with E-state index in [4.69, 9.17) is 22.5 Å². The van der Waals surface area contributed by atoms with Crippen LogP contribution in [0.25, 0.3) is 0 Å². The number of nitrogens with zero attached hydrogens (tertiary/aromatic N) is 1. The van der Waals surface area contributed by atoms with Gasteiger partial charge in [0.2, 0.25) is 0 Å². The number of benzene rings is 1. The number of phenolic OH excluding ortho intramolecular Hbond substituents is 1. The minimum atomic E-state index is -0.999. The van der Waals surface area contributed by atoms with Crippen molar-refractivity contribution in [2.24, 2.45) is 10.9 Å². The second-order valence-corrected chi connectivity index (χ2v) is 4.70. The van der Waals surface area contributed by atoms with Crippen molar-refractivity contribution in [2.75, 3.05) is 0 Å². The molecular weight excluding hydrogens is 270 g/mol. The standard InChI is InChI=1S/C12H16ClN3O3/c1-3-12(2,11(14)16-19)15-10(18)8-6-7(17)4-5-9(8)13/h4-6,17,19H,3H2,1-2H3,(H2,14,16)(H,15,18). The highest BCUT2D eigenvalue weighted by atomic mass is 35.5. The summed E-state index contributed by atoms with van der Waals surface area (Å²) in [5.74, 6) is -0.701. The van der Waals surface area contributed by atoms with E-state index in [0.717, 1.165) is 0 Å². The highest BCUT2D eigenvalue weighted by Crippen LogP contribution is 2.22. The number of carbonyl (C=O) groups is 1. The molecule has 0 saturated carbocycles. The minimum absolute atomic E-state index is 0.0726. The van der Waals surface area contributed by atoms with E-state index in [1.54, 1.807) is 13.8 Å². The molecule has 1 aromatic rings. The molecule has 5 N–H and O–H groups in total. The summed E-state index contributed by atoms with van der Waals surface area (Å²) in [6, 6.07) is 4.04. The maximum Gasteiger partial charge on any atom is 0.253 e. The van der Waals surface area contributed by atoms with Crippen LogP contribution in [0, 0.1) is 0 Å². The van der Waals surface area contributed by atoms with Crippen LogP contribution in [-0.2, 0) is 0 Å². The molecule has 0 bridgehead atoms. The van der Waals surface area contributed by atoms with Gasteiger partial charge in [-0.3, -0.25) is 4.79 Å². The molecule has 6 nitrogen and oxygen atoms in total. The van der Waals surface area contributed by atoms with Gasteiger partial charge < -0.3 is 21.4 Å². The average Bonchev–Trinajstić information content (AvgIpc) is 2.40. The third-order valence-corrected chi connectivity index (χ3v) is 3.29. The lowest BCUT2D eigenvalue weighted by atomic mass is 9.97. The van der Waals surface area contributed by atoms with Gasteiger partial charge >= 0.3 is 0 Å². The largest absolute Gasteiger partial charge is 0.508 e. The lowest BCUT2D eigenvalue weighted by molar-refractivity contribution is 0.0924. The first-order valence-corrected chi connectivity index (χ1v) is 6.01. The van der Waals surface area contributed by atoms with E-state index >= 15 is 0 Å². The molecule has 7 heteroatoms. The molecule has 0 fully saturated rings. The molecule has 0 aliphatic carbocycles. The van der Waals surface area contributed by atoms with Crippen molar-refractivity contribution < 1.29 is 15.1 Å². The van der Waals surface area contributed by atoms with Crippen LogP contribution in [0.2, 0.25) is 5.02 Å². The van der Waals surface area contributed by atoms with Crippen LogP contribution in [0.5, 0.6) is 5.75 Å². The smallest absolute Gasteiger partial charge is 0.253 e. The van der Waals surface area contributed by atoms with Crippen molar-refractivity contribution in [3.63, 3.8) is 0 Å². The van der Waals surface area contributed by atoms with E-state index < -0.39 is 11.4 Å². The Morgan fingerprint density at radius 3 is 2.74 bits per heavy atom. The van der Waals surface area contributed by atoms with Crippen molar-refractivity contribution in [3.05, 3.63) is 28.8 Å². The number of rotatable bonds is 4. The summed E-state index contributed by atoms with van der Waals surface area (Å²) >= 11 is 5.89. The second-order valence-electron chi connectivity index (χ2n) is 4.29. The first-order valence-electron chi connectivity index (χ1n) is 5.63. The molecule has 0 radical (unpaired) electrons. The van der Waals surface area contributed by atoms with Crippen LogP contribution in [0.1, 0.15) is 30.6 Å². The monoisotopic (exact) mass is 285 g/mol. The molecule has 1 atom stereocenters. The van der Waals surface area contributed by atoms with Gasteiger partial charge in [0.25, 0.3) is 5.91 Å². The highest BCUT2D eigenvalue weighted by molar-refractivity contribution is 6.34. The Bertz CT molecular complexity index is 519. The van der Waals surface area contributed by atoms with Crippen LogP contribution in [0.4, 0.5) is 0 Å². The number of phenols is 1. The Kier molecular flexibility index (Phi) is 4.61. The summed E-state index contributed by atoms with van der Waals surface area (Å²) in [6.07, 6.45) is 0.422. The van der Waals surface area contributed by atoms with E-state index in [1.165, 1.54) is 18.2 Å². The summed E-state index contributed by atoms with van der Waals surface area (Å²) in [6.45, 7) is 3.40. The molecule has 0 aliphatic heterocycles. The number of hydrogen-bond acceptors (Lipinski definition) is 4. The van der Waals surface area contributed by atoms with Crippen molar-refractivity contribution in [3.8, 4) is 5.75 Å². The summed E-state index contributed by atoms with van der Waals surface area (Å²) < 4.78 is 0. The summed E-state index contributed by atoms with van der Waals surface area (Å²) in [5, 5.41) is 23.8. The zero-order valence-electron chi connectivity index (χ0n) is 10.6. The van der Waals surface area contributed by atoms with Crippen LogP contribution in [0.3, 0.4) is 0 Å². The molecule has 0 heterocycles. The number of nitrogens with two attached hydrogens (primary N) is 1. The normalized spacial score (nSPS) is 14.8. The Morgan fingerprint density at radius 2 is 2.21 bits per heavy atom. The molecule has 19 heavy (non-hydrogen) atoms. The Hall–Kier alpha value is -1.95. The first-order chi connectivity index (χ1) is 8.84. The number of amidine groups is 1. The van der Waals surface area contributed by atoms with Crippen molar-refractivity contribution in [1.29, 1.82) is 0 Å². The van der Waals surface area contributed by atoms with Gasteiger partial charge in [-0.1, -0.05) is 23.7 Å². The fraction of sp³-hybridized carbons (Fsp3) is 0.333. The third kappa shape index (κ3) is 3.29. The zero-order valence-corrected chi connectivity index (χ0v) is 11.4. The van der Waals surface area contributed by atoms with Gasteiger partial charge in [0.1, 0.15) is 5.75 Å². The van der Waals surface area contributed by atoms with E-state index in [-0.39, 0.29) is 22.2 Å². The average molecular weight is 286 g/mol. The zero-order chi connectivity index (χ0) is 14.6. The number of oxime groups is 1. The van der Waals surface area contributed by atoms with Gasteiger partial charge in [-0.25, -0.2) is 0 Å². The van der Waals surface area contributed by atoms with E-state index in [0.29, 0.717) is 6.42 Å². The Labute approximate surface area is 115 Å². The van der Waals surface area contributed by atoms with Crippen LogP contribution in [0.15, 0.2) is 23.4 Å². The summed E-state index contributed by atoms with van der Waals surface area (Å²) in [7, 11) is 0. The minimum Gasteiger partial charge on any atom is -0.508 e. The molecule has 0 saturated heterocycles. The Morgan fingerprint density at radius 1 is 1.58 bits per heavy atom. The second kappa shape index (κ2) is 5.79. The number of halogens is 1. The summed E-state index contributed by atoms with van der Waals surface area (Å²) in [4.78, 5) is 12.1. The number of carbonyl (C=O) groups excluding carboxylic acids is 1. The molecular formula is C12H16ClN3O3. The van der Waals surface area contributed by atoms with Gasteiger partial charge in [0, 0.05) is 0 Å². The summed E-state index contributed by atoms with van der Waals surface area (Å²) in [5.41, 5.74) is 4.68. The molecule has 1 amide bonds. The topological polar surface area (TPSA) is 108 Å². The van der Waals surface area contributed by atoms with Gasteiger partial charge in [0.15, 0.2) is 5.84 Å². The number of aromatic hydroxyl groups is 1. The van der Waals surface area contributed by atoms with E-state index in [9.17, 15) is 9.90 Å². The maximum atomic E-state index is 12.1. The molecule has 0 spiro atoms. The quantitative estimate of drug-likeness (QED) is 0.292. The molecule has 104 valence electrons. The first kappa shape index (κ1) is 15.1. The molecule has 0 aliphatic rings. The molecule has 1 unspecified atom stereocenters. The van der Waals surface area contributed by atoms with Crippen LogP contribution < -0.4 is 11.1 Å². The van der Waals surface area contributed by atoms with Crippen LogP contribution in [-0.4, -0.2) is 27.6 Å². The van der Waals surface area contributed by atoms with Crippen molar-refractivity contribution in [2.45, 2.75) is 25.8 Å². The maximum absolute atomic E-state index is 12.1. The predicted octanol–water partition coefficient (Wildman–Crippen LogP) is 1.69. The number of amides is 1. The van der Waals surface area contributed by atoms with Crippen molar-refractivity contribution in [1.82, 2.24) is 5.32 Å². The van der Waals surface area contributed by atoms with E-state index in [1.807, 2.05) is 0 Å². The lowest BCUT2D eigenvalue weighted by Gasteiger charge is -2.28. The SMILES string of the molecule is CCC(C)(NC(=O)c1cc(O)ccc1Cl)/C(N)=N/O. The fourth-order valence-corrected chi connectivity index (χ4v) is 1.65. The van der Waals surface area contributed by atoms with Crippen molar-refractivity contribution >= 4 is 23.3 Å². The van der Waals surface area contributed by atoms with Gasteiger partial charge in [-0.15, -0.1) is 0 Å². The number of hydrogen-bond donors (Lipinski definition) is 4. The third-order valence-electron chi connectivity index (χ3n) is 2.96. The van der Waals surface area contributed by atoms with Gasteiger partial charge in [-0.05, 0) is 31.5 Å². The number of nitrogens with one attached hydrogen (secondary N) is 1. The van der Waals surface area contributed by atoms with Crippen LogP contribution >= 0.6 is 11.6 Å². The molecule has 1 rings (SSSR count). The molecule has 1 aromatic carbocycles. The van der Waals surface area contributed by atoms with Gasteiger partial charge in [-0.2, -0.15) is 0 Å². The van der Waals surface area contributed by atoms with Gasteiger partial charge in [0.05, 0.1) is 16.1 Å². The highest BCUT2D eigenvalue weighted by Gasteiger charge is 2.30.